The van der Waals surface area contributed by atoms with E-state index < -0.39 is 0 Å². The van der Waals surface area contributed by atoms with Crippen molar-refractivity contribution < 1.29 is 4.74 Å². The zero-order chi connectivity index (χ0) is 13.0. The molecule has 2 N–H and O–H groups in total. The lowest BCUT2D eigenvalue weighted by molar-refractivity contribution is 0.179. The molecule has 18 heavy (non-hydrogen) atoms. The Morgan fingerprint density at radius 3 is 2.78 bits per heavy atom. The predicted octanol–water partition coefficient (Wildman–Crippen LogP) is 3.45. The molecule has 0 amide bonds. The van der Waals surface area contributed by atoms with E-state index in [1.807, 2.05) is 0 Å². The van der Waals surface area contributed by atoms with Gasteiger partial charge in [-0.1, -0.05) is 31.0 Å². The molecule has 1 aliphatic carbocycles. The van der Waals surface area contributed by atoms with E-state index in [4.69, 9.17) is 10.5 Å². The molecule has 1 fully saturated rings. The molecule has 0 bridgehead atoms. The van der Waals surface area contributed by atoms with Crippen LogP contribution in [0.3, 0.4) is 0 Å². The summed E-state index contributed by atoms with van der Waals surface area (Å²) in [5.41, 5.74) is 8.61. The molecule has 1 saturated carbocycles. The first-order valence-electron chi connectivity index (χ1n) is 7.17. The van der Waals surface area contributed by atoms with Crippen LogP contribution in [0.5, 0.6) is 5.75 Å². The van der Waals surface area contributed by atoms with Crippen LogP contribution < -0.4 is 10.5 Å². The summed E-state index contributed by atoms with van der Waals surface area (Å²) in [4.78, 5) is 0. The molecule has 100 valence electrons. The fourth-order valence-electron chi connectivity index (χ4n) is 2.30. The number of nitrogens with two attached hydrogens (primary N) is 1. The molecule has 0 aromatic heterocycles. The molecule has 2 nitrogen and oxygen atoms in total. The van der Waals surface area contributed by atoms with Gasteiger partial charge < -0.3 is 10.5 Å². The summed E-state index contributed by atoms with van der Waals surface area (Å²) in [5, 5.41) is 0. The molecule has 0 radical (unpaired) electrons. The maximum Gasteiger partial charge on any atom is 0.122 e. The van der Waals surface area contributed by atoms with Crippen molar-refractivity contribution in [2.24, 2.45) is 11.7 Å². The van der Waals surface area contributed by atoms with Crippen molar-refractivity contribution in [2.75, 3.05) is 6.61 Å². The molecule has 1 aliphatic rings. The van der Waals surface area contributed by atoms with Gasteiger partial charge in [-0.2, -0.15) is 0 Å². The van der Waals surface area contributed by atoms with Gasteiger partial charge in [0.1, 0.15) is 5.75 Å². The van der Waals surface area contributed by atoms with E-state index in [1.165, 1.54) is 30.4 Å². The minimum absolute atomic E-state index is 0.234. The highest BCUT2D eigenvalue weighted by Crippen LogP contribution is 2.28. The van der Waals surface area contributed by atoms with Gasteiger partial charge in [-0.05, 0) is 50.2 Å². The highest BCUT2D eigenvalue weighted by Gasteiger charge is 2.18. The smallest absolute Gasteiger partial charge is 0.122 e. The molecule has 0 saturated heterocycles. The lowest BCUT2D eigenvalue weighted by atomic mass is 9.86. The number of ether oxygens (including phenoxy) is 1. The largest absolute Gasteiger partial charge is 0.493 e. The molecule has 0 spiro atoms. The van der Waals surface area contributed by atoms with E-state index in [2.05, 4.69) is 32.0 Å². The Bertz CT molecular complexity index is 385. The Labute approximate surface area is 111 Å². The van der Waals surface area contributed by atoms with Gasteiger partial charge in [-0.25, -0.2) is 0 Å². The van der Waals surface area contributed by atoms with E-state index in [0.717, 1.165) is 31.1 Å². The third kappa shape index (κ3) is 3.49. The van der Waals surface area contributed by atoms with Crippen molar-refractivity contribution in [3.8, 4) is 5.75 Å². The van der Waals surface area contributed by atoms with E-state index in [9.17, 15) is 0 Å². The van der Waals surface area contributed by atoms with Crippen LogP contribution in [0.1, 0.15) is 43.7 Å². The van der Waals surface area contributed by atoms with Crippen LogP contribution in [0.2, 0.25) is 0 Å². The lowest BCUT2D eigenvalue weighted by Crippen LogP contribution is -2.23. The summed E-state index contributed by atoms with van der Waals surface area (Å²) in [6, 6.07) is 6.67. The average Bonchev–Trinajstić information content (AvgIpc) is 2.29. The summed E-state index contributed by atoms with van der Waals surface area (Å²) in [5.74, 6) is 1.82. The lowest BCUT2D eigenvalue weighted by Gasteiger charge is -2.26. The zero-order valence-electron chi connectivity index (χ0n) is 11.6. The van der Waals surface area contributed by atoms with Gasteiger partial charge in [-0.3, -0.25) is 0 Å². The van der Waals surface area contributed by atoms with Crippen molar-refractivity contribution in [3.63, 3.8) is 0 Å². The second-order valence-electron chi connectivity index (χ2n) is 5.59. The monoisotopic (exact) mass is 247 g/mol. The zero-order valence-corrected chi connectivity index (χ0v) is 11.6. The molecular weight excluding hydrogens is 222 g/mol. The maximum atomic E-state index is 6.06. The van der Waals surface area contributed by atoms with Crippen molar-refractivity contribution >= 4 is 0 Å². The average molecular weight is 247 g/mol. The van der Waals surface area contributed by atoms with Crippen molar-refractivity contribution in [1.29, 1.82) is 0 Å². The quantitative estimate of drug-likeness (QED) is 0.835. The number of hydrogen-bond acceptors (Lipinski definition) is 2. The van der Waals surface area contributed by atoms with Gasteiger partial charge in [0, 0.05) is 6.04 Å². The van der Waals surface area contributed by atoms with Gasteiger partial charge in [0.05, 0.1) is 6.61 Å². The Hall–Kier alpha value is -1.02. The van der Waals surface area contributed by atoms with Crippen molar-refractivity contribution in [1.82, 2.24) is 0 Å². The summed E-state index contributed by atoms with van der Waals surface area (Å²) in [7, 11) is 0. The topological polar surface area (TPSA) is 35.2 Å². The Kier molecular flexibility index (Phi) is 4.65. The third-order valence-corrected chi connectivity index (χ3v) is 3.92. The molecule has 1 atom stereocenters. The normalized spacial score (nSPS) is 17.3. The van der Waals surface area contributed by atoms with Crippen LogP contribution in [0.25, 0.3) is 0 Å². The predicted molar refractivity (Wildman–Crippen MR) is 76.0 cm³/mol. The van der Waals surface area contributed by atoms with Gasteiger partial charge in [0.2, 0.25) is 0 Å². The standard InChI is InChI=1S/C16H25NO/c1-3-15(17)10-14-9-12(2)7-8-16(14)18-11-13-5-4-6-13/h7-9,13,15H,3-6,10-11,17H2,1-2H3. The Morgan fingerprint density at radius 2 is 2.17 bits per heavy atom. The Morgan fingerprint density at radius 1 is 1.39 bits per heavy atom. The van der Waals surface area contributed by atoms with E-state index in [1.54, 1.807) is 0 Å². The number of rotatable bonds is 6. The molecule has 2 heteroatoms. The highest BCUT2D eigenvalue weighted by molar-refractivity contribution is 5.37. The minimum atomic E-state index is 0.234. The summed E-state index contributed by atoms with van der Waals surface area (Å²) >= 11 is 0. The van der Waals surface area contributed by atoms with Crippen molar-refractivity contribution in [3.05, 3.63) is 29.3 Å². The van der Waals surface area contributed by atoms with Crippen LogP contribution >= 0.6 is 0 Å². The molecule has 2 rings (SSSR count). The van der Waals surface area contributed by atoms with Crippen LogP contribution in [0, 0.1) is 12.8 Å². The first-order valence-corrected chi connectivity index (χ1v) is 7.17. The Balaban J connectivity index is 2.01. The van der Waals surface area contributed by atoms with Crippen LogP contribution in [0.15, 0.2) is 18.2 Å². The maximum absolute atomic E-state index is 6.06. The molecule has 1 unspecified atom stereocenters. The fraction of sp³-hybridized carbons (Fsp3) is 0.625. The highest BCUT2D eigenvalue weighted by atomic mass is 16.5. The molecule has 1 aromatic carbocycles. The number of hydrogen-bond donors (Lipinski definition) is 1. The number of benzene rings is 1. The van der Waals surface area contributed by atoms with Crippen LogP contribution in [0.4, 0.5) is 0 Å². The number of aryl methyl sites for hydroxylation is 1. The minimum Gasteiger partial charge on any atom is -0.493 e. The van der Waals surface area contributed by atoms with Crippen molar-refractivity contribution in [2.45, 2.75) is 52.0 Å². The van der Waals surface area contributed by atoms with Gasteiger partial charge >= 0.3 is 0 Å². The van der Waals surface area contributed by atoms with Gasteiger partial charge in [-0.15, -0.1) is 0 Å². The second-order valence-corrected chi connectivity index (χ2v) is 5.59. The molecule has 0 heterocycles. The summed E-state index contributed by atoms with van der Waals surface area (Å²) in [6.45, 7) is 5.13. The van der Waals surface area contributed by atoms with Crippen LogP contribution in [-0.4, -0.2) is 12.6 Å². The first kappa shape index (κ1) is 13.4. The van der Waals surface area contributed by atoms with Gasteiger partial charge in [0.25, 0.3) is 0 Å². The van der Waals surface area contributed by atoms with E-state index in [0.29, 0.717) is 0 Å². The summed E-state index contributed by atoms with van der Waals surface area (Å²) < 4.78 is 5.99. The summed E-state index contributed by atoms with van der Waals surface area (Å²) in [6.07, 6.45) is 5.95. The molecule has 1 aromatic rings. The molecule has 0 aliphatic heterocycles. The van der Waals surface area contributed by atoms with E-state index >= 15 is 0 Å². The SMILES string of the molecule is CCC(N)Cc1cc(C)ccc1OCC1CCC1. The second kappa shape index (κ2) is 6.24. The first-order chi connectivity index (χ1) is 8.69. The van der Waals surface area contributed by atoms with Gasteiger partial charge in [0.15, 0.2) is 0 Å². The fourth-order valence-corrected chi connectivity index (χ4v) is 2.30. The third-order valence-electron chi connectivity index (χ3n) is 3.92. The van der Waals surface area contributed by atoms with E-state index in [-0.39, 0.29) is 6.04 Å². The molecular formula is C16H25NO. The van der Waals surface area contributed by atoms with Crippen LogP contribution in [-0.2, 0) is 6.42 Å².